The number of rotatable bonds is 1. The van der Waals surface area contributed by atoms with Gasteiger partial charge in [0.15, 0.2) is 5.82 Å². The molecule has 5 N–H and O–H groups in total. The number of nitrogens with zero attached hydrogens (tertiary/aromatic N) is 3. The van der Waals surface area contributed by atoms with E-state index in [2.05, 4.69) is 20.6 Å². The predicted octanol–water partition coefficient (Wildman–Crippen LogP) is 0.0899. The maximum absolute atomic E-state index is 9.81. The van der Waals surface area contributed by atoms with E-state index in [1.54, 1.807) is 13.4 Å². The summed E-state index contributed by atoms with van der Waals surface area (Å²) in [4.78, 5) is 8.66. The summed E-state index contributed by atoms with van der Waals surface area (Å²) in [6.45, 7) is 0. The minimum atomic E-state index is -1.51. The lowest BCUT2D eigenvalue weighted by Crippen LogP contribution is -2.40. The zero-order valence-corrected chi connectivity index (χ0v) is 10.2. The van der Waals surface area contributed by atoms with Crippen LogP contribution in [0.25, 0.3) is 11.0 Å². The second-order valence-electron chi connectivity index (χ2n) is 3.87. The summed E-state index contributed by atoms with van der Waals surface area (Å²) in [5.41, 5.74) is 7.98. The van der Waals surface area contributed by atoms with Gasteiger partial charge in [0, 0.05) is 14.1 Å². The van der Waals surface area contributed by atoms with E-state index in [1.807, 2.05) is 11.6 Å². The lowest BCUT2D eigenvalue weighted by Gasteiger charge is -2.14. The molecule has 0 saturated carbocycles. The van der Waals surface area contributed by atoms with E-state index in [4.69, 9.17) is 5.73 Å². The minimum absolute atomic E-state index is 0.662. The Kier molecular flexibility index (Phi) is 2.03. The summed E-state index contributed by atoms with van der Waals surface area (Å²) in [6, 6.07) is 0. The lowest BCUT2D eigenvalue weighted by molar-refractivity contribution is 0.178. The third kappa shape index (κ3) is 1.45. The molecule has 3 heterocycles. The van der Waals surface area contributed by atoms with Crippen molar-refractivity contribution in [2.45, 2.75) is 10.2 Å². The van der Waals surface area contributed by atoms with Crippen LogP contribution in [-0.4, -0.2) is 31.9 Å². The summed E-state index contributed by atoms with van der Waals surface area (Å²) >= 11 is 1.08. The standard InChI is InChI=1S/C9H12N6OS/c1-11-7-4-6(15(2)3-12-4)5-8(13-7)17-9(10,16)14-5/h3,14,16H,10H2,1-2H3,(H,11,13). The first-order valence-corrected chi connectivity index (χ1v) is 5.85. The Balaban J connectivity index is 2.35. The Bertz CT molecular complexity index is 607. The Hall–Kier alpha value is -1.51. The van der Waals surface area contributed by atoms with Crippen molar-refractivity contribution in [2.75, 3.05) is 17.7 Å². The van der Waals surface area contributed by atoms with Crippen molar-refractivity contribution < 1.29 is 5.11 Å². The fourth-order valence-electron chi connectivity index (χ4n) is 1.92. The van der Waals surface area contributed by atoms with Crippen molar-refractivity contribution in [3.8, 4) is 0 Å². The minimum Gasteiger partial charge on any atom is -0.371 e. The number of nitrogens with two attached hydrogens (primary N) is 1. The van der Waals surface area contributed by atoms with E-state index in [9.17, 15) is 5.11 Å². The molecule has 0 spiro atoms. The average molecular weight is 252 g/mol. The van der Waals surface area contributed by atoms with Gasteiger partial charge in [-0.1, -0.05) is 0 Å². The highest BCUT2D eigenvalue weighted by Gasteiger charge is 2.36. The van der Waals surface area contributed by atoms with Gasteiger partial charge in [0.25, 0.3) is 0 Å². The highest BCUT2D eigenvalue weighted by molar-refractivity contribution is 8.01. The lowest BCUT2D eigenvalue weighted by atomic mass is 10.3. The maximum atomic E-state index is 9.81. The number of aliphatic hydroxyl groups is 1. The molecule has 90 valence electrons. The summed E-state index contributed by atoms with van der Waals surface area (Å²) in [5, 5.41) is 14.8. The van der Waals surface area contributed by atoms with Crippen LogP contribution < -0.4 is 16.4 Å². The van der Waals surface area contributed by atoms with E-state index in [0.717, 1.165) is 22.8 Å². The summed E-state index contributed by atoms with van der Waals surface area (Å²) in [6.07, 6.45) is 1.70. The van der Waals surface area contributed by atoms with Crippen LogP contribution in [-0.2, 0) is 7.05 Å². The zero-order valence-electron chi connectivity index (χ0n) is 9.35. The Morgan fingerprint density at radius 2 is 2.41 bits per heavy atom. The molecule has 7 nitrogen and oxygen atoms in total. The van der Waals surface area contributed by atoms with E-state index >= 15 is 0 Å². The van der Waals surface area contributed by atoms with Crippen LogP contribution in [0.3, 0.4) is 0 Å². The summed E-state index contributed by atoms with van der Waals surface area (Å²) < 4.78 is 1.87. The molecule has 1 atom stereocenters. The fourth-order valence-corrected chi connectivity index (χ4v) is 2.76. The molecule has 17 heavy (non-hydrogen) atoms. The zero-order chi connectivity index (χ0) is 12.2. The van der Waals surface area contributed by atoms with Crippen molar-refractivity contribution in [1.29, 1.82) is 0 Å². The van der Waals surface area contributed by atoms with Gasteiger partial charge in [-0.15, -0.1) is 0 Å². The van der Waals surface area contributed by atoms with E-state index in [1.165, 1.54) is 0 Å². The molecule has 0 amide bonds. The number of anilines is 2. The fraction of sp³-hybridized carbons (Fsp3) is 0.333. The van der Waals surface area contributed by atoms with Crippen molar-refractivity contribution in [1.82, 2.24) is 14.5 Å². The molecule has 2 aromatic rings. The molecule has 0 fully saturated rings. The molecular weight excluding hydrogens is 240 g/mol. The number of hydrogen-bond donors (Lipinski definition) is 4. The van der Waals surface area contributed by atoms with Gasteiger partial charge < -0.3 is 20.3 Å². The van der Waals surface area contributed by atoms with Crippen LogP contribution in [0.1, 0.15) is 0 Å². The van der Waals surface area contributed by atoms with Crippen LogP contribution in [0.4, 0.5) is 11.5 Å². The molecule has 1 unspecified atom stereocenters. The van der Waals surface area contributed by atoms with Crippen molar-refractivity contribution >= 4 is 34.3 Å². The first-order valence-electron chi connectivity index (χ1n) is 5.03. The normalized spacial score (nSPS) is 22.6. The van der Waals surface area contributed by atoms with Crippen LogP contribution >= 0.6 is 11.8 Å². The maximum Gasteiger partial charge on any atom is 0.248 e. The molecule has 1 aliphatic heterocycles. The highest BCUT2D eigenvalue weighted by atomic mass is 32.2. The van der Waals surface area contributed by atoms with Gasteiger partial charge in [0.05, 0.1) is 17.5 Å². The van der Waals surface area contributed by atoms with Crippen LogP contribution in [0, 0.1) is 0 Å². The molecule has 0 saturated heterocycles. The third-order valence-electron chi connectivity index (χ3n) is 2.62. The van der Waals surface area contributed by atoms with Gasteiger partial charge in [-0.3, -0.25) is 5.73 Å². The second-order valence-corrected chi connectivity index (χ2v) is 5.08. The summed E-state index contributed by atoms with van der Waals surface area (Å²) in [5.74, 6) is 0.673. The van der Waals surface area contributed by atoms with Crippen molar-refractivity contribution in [3.63, 3.8) is 0 Å². The first kappa shape index (κ1) is 10.6. The van der Waals surface area contributed by atoms with Crippen LogP contribution in [0.5, 0.6) is 0 Å². The number of nitrogens with one attached hydrogen (secondary N) is 2. The van der Waals surface area contributed by atoms with E-state index < -0.39 is 5.18 Å². The molecule has 0 radical (unpaired) electrons. The number of imidazole rings is 1. The Morgan fingerprint density at radius 1 is 1.65 bits per heavy atom. The number of aromatic nitrogens is 3. The monoisotopic (exact) mass is 252 g/mol. The molecular formula is C9H12N6OS. The highest BCUT2D eigenvalue weighted by Crippen LogP contribution is 2.44. The largest absolute Gasteiger partial charge is 0.371 e. The van der Waals surface area contributed by atoms with Gasteiger partial charge in [-0.05, 0) is 11.8 Å². The quantitative estimate of drug-likeness (QED) is 0.533. The molecule has 8 heteroatoms. The van der Waals surface area contributed by atoms with Crippen molar-refractivity contribution in [2.24, 2.45) is 12.8 Å². The third-order valence-corrected chi connectivity index (χ3v) is 3.52. The number of fused-ring (bicyclic) bond motifs is 3. The first-order chi connectivity index (χ1) is 8.02. The summed E-state index contributed by atoms with van der Waals surface area (Å²) in [7, 11) is 3.67. The number of hydrogen-bond acceptors (Lipinski definition) is 7. The molecule has 1 aliphatic rings. The van der Waals surface area contributed by atoms with Gasteiger partial charge in [-0.25, -0.2) is 9.97 Å². The Morgan fingerprint density at radius 3 is 3.12 bits per heavy atom. The smallest absolute Gasteiger partial charge is 0.248 e. The average Bonchev–Trinajstić information content (AvgIpc) is 2.76. The number of thioether (sulfide) groups is 1. The van der Waals surface area contributed by atoms with Gasteiger partial charge in [0.2, 0.25) is 5.18 Å². The van der Waals surface area contributed by atoms with Crippen LogP contribution in [0.15, 0.2) is 11.4 Å². The SMILES string of the molecule is CNc1nc2c(c3c1ncn3C)NC(N)(O)S2. The van der Waals surface area contributed by atoms with Gasteiger partial charge in [0.1, 0.15) is 10.5 Å². The van der Waals surface area contributed by atoms with Crippen molar-refractivity contribution in [3.05, 3.63) is 6.33 Å². The predicted molar refractivity (Wildman–Crippen MR) is 66.7 cm³/mol. The van der Waals surface area contributed by atoms with Gasteiger partial charge in [-0.2, -0.15) is 0 Å². The Labute approximate surface area is 101 Å². The molecule has 2 aromatic heterocycles. The molecule has 0 aliphatic carbocycles. The molecule has 3 rings (SSSR count). The number of aryl methyl sites for hydroxylation is 1. The van der Waals surface area contributed by atoms with E-state index in [-0.39, 0.29) is 0 Å². The van der Waals surface area contributed by atoms with Crippen LogP contribution in [0.2, 0.25) is 0 Å². The number of pyridine rings is 1. The van der Waals surface area contributed by atoms with E-state index in [0.29, 0.717) is 16.5 Å². The van der Waals surface area contributed by atoms with Gasteiger partial charge >= 0.3 is 0 Å². The molecule has 0 aromatic carbocycles. The second kappa shape index (κ2) is 3.25. The topological polar surface area (TPSA) is 101 Å². The molecule has 0 bridgehead atoms.